The molecule has 0 radical (unpaired) electrons. The molecule has 0 amide bonds. The van der Waals surface area contributed by atoms with E-state index in [0.717, 1.165) is 0 Å². The van der Waals surface area contributed by atoms with Gasteiger partial charge in [-0.2, -0.15) is 35.1 Å². The van der Waals surface area contributed by atoms with Gasteiger partial charge in [0.2, 0.25) is 0 Å². The Hall–Kier alpha value is -0.410. The van der Waals surface area contributed by atoms with E-state index in [2.05, 4.69) is 4.52 Å². The maximum absolute atomic E-state index is 12.8. The Morgan fingerprint density at radius 1 is 0.955 bits per heavy atom. The monoisotopic (exact) mass is 364 g/mol. The van der Waals surface area contributed by atoms with Crippen LogP contribution in [-0.2, 0) is 9.09 Å². The quantitative estimate of drug-likeness (QED) is 0.564. The fraction of sp³-hybridized carbons (Fsp3) is 1.00. The number of hydrogen-bond acceptors (Lipinski definition) is 2. The van der Waals surface area contributed by atoms with E-state index in [1.54, 1.807) is 0 Å². The summed E-state index contributed by atoms with van der Waals surface area (Å²) in [5.74, 6) is 0. The van der Waals surface area contributed by atoms with Crippen molar-refractivity contribution in [2.75, 3.05) is 0 Å². The van der Waals surface area contributed by atoms with E-state index in [1.807, 2.05) is 0 Å². The lowest BCUT2D eigenvalue weighted by atomic mass is 9.86. The zero-order valence-electron chi connectivity index (χ0n) is 11.0. The van der Waals surface area contributed by atoms with Crippen LogP contribution in [0.15, 0.2) is 0 Å². The van der Waals surface area contributed by atoms with Crippen molar-refractivity contribution in [1.29, 1.82) is 0 Å². The minimum absolute atomic E-state index is 0.00157. The van der Waals surface area contributed by atoms with E-state index in [0.29, 0.717) is 6.42 Å². The molecule has 0 spiro atoms. The molecule has 0 heterocycles. The molecular weight excluding hydrogens is 351 g/mol. The third-order valence-corrected chi connectivity index (χ3v) is 5.76. The van der Waals surface area contributed by atoms with Crippen LogP contribution in [0.3, 0.4) is 0 Å². The van der Waals surface area contributed by atoms with Gasteiger partial charge in [-0.1, -0.05) is 19.3 Å². The zero-order chi connectivity index (χ0) is 17.4. The molecule has 1 saturated carbocycles. The molecule has 12 heteroatoms. The molecule has 1 fully saturated rings. The first kappa shape index (κ1) is 19.6. The van der Waals surface area contributed by atoms with Crippen LogP contribution in [0.5, 0.6) is 0 Å². The molecule has 1 rings (SSSR count). The van der Waals surface area contributed by atoms with Crippen LogP contribution < -0.4 is 0 Å². The SMILES string of the molecule is O=P(O)(OC(F)(F)C(F)(F)F)C1(CC(F)(F)F)CCCCC1. The predicted molar refractivity (Wildman–Crippen MR) is 58.4 cm³/mol. The highest BCUT2D eigenvalue weighted by Crippen LogP contribution is 2.67. The summed E-state index contributed by atoms with van der Waals surface area (Å²) in [6.45, 7) is 0. The van der Waals surface area contributed by atoms with Crippen LogP contribution >= 0.6 is 7.60 Å². The van der Waals surface area contributed by atoms with E-state index in [4.69, 9.17) is 0 Å². The third-order valence-electron chi connectivity index (χ3n) is 3.48. The van der Waals surface area contributed by atoms with Gasteiger partial charge in [0.1, 0.15) is 0 Å². The van der Waals surface area contributed by atoms with Crippen molar-refractivity contribution in [3.05, 3.63) is 0 Å². The predicted octanol–water partition coefficient (Wildman–Crippen LogP) is 5.00. The summed E-state index contributed by atoms with van der Waals surface area (Å²) in [7, 11) is -5.90. The van der Waals surface area contributed by atoms with Crippen molar-refractivity contribution in [1.82, 2.24) is 0 Å². The Bertz CT molecular complexity index is 438. The van der Waals surface area contributed by atoms with Crippen LogP contribution in [0.25, 0.3) is 0 Å². The van der Waals surface area contributed by atoms with Gasteiger partial charge in [0.05, 0.1) is 11.6 Å². The maximum atomic E-state index is 12.8. The van der Waals surface area contributed by atoms with Gasteiger partial charge in [0.25, 0.3) is 0 Å². The second kappa shape index (κ2) is 5.90. The molecular formula is C10H13F8O3P. The first-order valence-corrected chi connectivity index (χ1v) is 7.75. The van der Waals surface area contributed by atoms with Crippen molar-refractivity contribution in [3.8, 4) is 0 Å². The molecule has 0 aromatic carbocycles. The highest BCUT2D eigenvalue weighted by atomic mass is 31.2. The topological polar surface area (TPSA) is 46.5 Å². The second-order valence-electron chi connectivity index (χ2n) is 5.20. The first-order valence-electron chi connectivity index (χ1n) is 6.17. The number of hydrogen-bond donors (Lipinski definition) is 1. The molecule has 1 aliphatic carbocycles. The van der Waals surface area contributed by atoms with Gasteiger partial charge in [-0.3, -0.25) is 4.57 Å². The molecule has 1 aliphatic rings. The van der Waals surface area contributed by atoms with Gasteiger partial charge in [-0.05, 0) is 12.8 Å². The summed E-state index contributed by atoms with van der Waals surface area (Å²) in [6.07, 6.45) is -20.1. The molecule has 0 bridgehead atoms. The Balaban J connectivity index is 3.15. The van der Waals surface area contributed by atoms with E-state index in [-0.39, 0.29) is 12.8 Å². The highest BCUT2D eigenvalue weighted by Gasteiger charge is 2.66. The smallest absolute Gasteiger partial charge is 0.324 e. The standard InChI is InChI=1S/C10H13F8O3P/c11-8(12,13)6-7(4-2-1-3-5-7)22(19,20)21-10(17,18)9(14,15)16/h1-6H2,(H,19,20). The summed E-state index contributed by atoms with van der Waals surface area (Å²) in [6, 6.07) is 0. The summed E-state index contributed by atoms with van der Waals surface area (Å²) < 4.78 is 115. The lowest BCUT2D eigenvalue weighted by Gasteiger charge is -2.40. The fourth-order valence-corrected chi connectivity index (χ4v) is 4.31. The second-order valence-corrected chi connectivity index (χ2v) is 7.38. The van der Waals surface area contributed by atoms with Crippen LogP contribution in [0, 0.1) is 0 Å². The molecule has 0 saturated heterocycles. The van der Waals surface area contributed by atoms with Crippen molar-refractivity contribution in [2.24, 2.45) is 0 Å². The van der Waals surface area contributed by atoms with Crippen LogP contribution in [0.2, 0.25) is 0 Å². The molecule has 1 atom stereocenters. The van der Waals surface area contributed by atoms with E-state index in [9.17, 15) is 44.6 Å². The minimum atomic E-state index is -6.31. The Labute approximate surface area is 120 Å². The first-order chi connectivity index (χ1) is 9.62. The summed E-state index contributed by atoms with van der Waals surface area (Å²) >= 11 is 0. The molecule has 22 heavy (non-hydrogen) atoms. The average molecular weight is 364 g/mol. The third kappa shape index (κ3) is 4.32. The zero-order valence-corrected chi connectivity index (χ0v) is 11.9. The van der Waals surface area contributed by atoms with Gasteiger partial charge < -0.3 is 4.89 Å². The van der Waals surface area contributed by atoms with Gasteiger partial charge in [0, 0.05) is 0 Å². The van der Waals surface area contributed by atoms with E-state index in [1.165, 1.54) is 0 Å². The van der Waals surface area contributed by atoms with Crippen LogP contribution in [0.4, 0.5) is 35.1 Å². The number of rotatable bonds is 4. The van der Waals surface area contributed by atoms with Crippen molar-refractivity contribution in [3.63, 3.8) is 0 Å². The molecule has 0 aromatic heterocycles. The molecule has 0 aromatic rings. The molecule has 1 unspecified atom stereocenters. The normalized spacial score (nSPS) is 23.1. The van der Waals surface area contributed by atoms with Gasteiger partial charge >= 0.3 is 26.1 Å². The highest BCUT2D eigenvalue weighted by molar-refractivity contribution is 7.54. The molecule has 3 nitrogen and oxygen atoms in total. The van der Waals surface area contributed by atoms with Crippen LogP contribution in [-0.4, -0.2) is 28.5 Å². The fourth-order valence-electron chi connectivity index (χ4n) is 2.45. The van der Waals surface area contributed by atoms with E-state index >= 15 is 0 Å². The molecule has 132 valence electrons. The molecule has 0 aliphatic heterocycles. The van der Waals surface area contributed by atoms with Crippen molar-refractivity contribution in [2.45, 2.75) is 62.1 Å². The van der Waals surface area contributed by atoms with Gasteiger partial charge in [-0.25, -0.2) is 4.52 Å². The van der Waals surface area contributed by atoms with E-state index < -0.39 is 50.5 Å². The lowest BCUT2D eigenvalue weighted by Crippen LogP contribution is -2.43. The van der Waals surface area contributed by atoms with Gasteiger partial charge in [-0.15, -0.1) is 0 Å². The minimum Gasteiger partial charge on any atom is -0.324 e. The Morgan fingerprint density at radius 2 is 1.41 bits per heavy atom. The Kier molecular flexibility index (Phi) is 5.27. The van der Waals surface area contributed by atoms with Gasteiger partial charge in [0.15, 0.2) is 0 Å². The summed E-state index contributed by atoms with van der Waals surface area (Å²) in [5.41, 5.74) is 0. The Morgan fingerprint density at radius 3 is 1.77 bits per heavy atom. The molecule has 1 N–H and O–H groups in total. The largest absolute Gasteiger partial charge is 0.483 e. The number of alkyl halides is 8. The van der Waals surface area contributed by atoms with Crippen molar-refractivity contribution < 1.29 is 49.1 Å². The van der Waals surface area contributed by atoms with Crippen LogP contribution in [0.1, 0.15) is 38.5 Å². The summed E-state index contributed by atoms with van der Waals surface area (Å²) in [5, 5.41) is -2.68. The van der Waals surface area contributed by atoms with Crippen molar-refractivity contribution >= 4 is 7.60 Å². The number of halogens is 8. The summed E-state index contributed by atoms with van der Waals surface area (Å²) in [4.78, 5) is 9.51. The maximum Gasteiger partial charge on any atom is 0.483 e. The lowest BCUT2D eigenvalue weighted by molar-refractivity contribution is -0.363. The average Bonchev–Trinajstić information content (AvgIpc) is 2.24.